The summed E-state index contributed by atoms with van der Waals surface area (Å²) in [5.74, 6) is 0.105. The van der Waals surface area contributed by atoms with Crippen molar-refractivity contribution in [3.63, 3.8) is 0 Å². The van der Waals surface area contributed by atoms with E-state index < -0.39 is 0 Å². The fraction of sp³-hybridized carbons (Fsp3) is 0.462. The van der Waals surface area contributed by atoms with Crippen LogP contribution in [-0.2, 0) is 11.2 Å². The van der Waals surface area contributed by atoms with Crippen molar-refractivity contribution < 1.29 is 9.90 Å². The van der Waals surface area contributed by atoms with E-state index >= 15 is 0 Å². The number of phenolic OH excluding ortho intramolecular Hbond substituents is 1. The van der Waals surface area contributed by atoms with E-state index in [1.807, 2.05) is 6.07 Å². The third-order valence-electron chi connectivity index (χ3n) is 3.39. The van der Waals surface area contributed by atoms with Gasteiger partial charge in [-0.05, 0) is 30.9 Å². The summed E-state index contributed by atoms with van der Waals surface area (Å²) in [5.41, 5.74) is 6.44. The average Bonchev–Trinajstić information content (AvgIpc) is 3.10. The number of rotatable bonds is 5. The lowest BCUT2D eigenvalue weighted by Gasteiger charge is -2.13. The number of carbonyl (C=O) groups is 1. The molecule has 2 rings (SSSR count). The zero-order chi connectivity index (χ0) is 12.3. The summed E-state index contributed by atoms with van der Waals surface area (Å²) in [5, 5.41) is 12.4. The topological polar surface area (TPSA) is 75.3 Å². The van der Waals surface area contributed by atoms with Crippen molar-refractivity contribution in [2.45, 2.75) is 19.3 Å². The highest BCUT2D eigenvalue weighted by Gasteiger charge is 2.41. The van der Waals surface area contributed by atoms with E-state index in [0.29, 0.717) is 18.7 Å². The minimum absolute atomic E-state index is 0.0637. The molecule has 17 heavy (non-hydrogen) atoms. The molecule has 1 aromatic rings. The molecule has 0 heterocycles. The molecular weight excluding hydrogens is 216 g/mol. The molecule has 0 unspecified atom stereocenters. The molecule has 0 atom stereocenters. The Bertz CT molecular complexity index is 414. The summed E-state index contributed by atoms with van der Waals surface area (Å²) < 4.78 is 0. The summed E-state index contributed by atoms with van der Waals surface area (Å²) in [6.07, 6.45) is 2.41. The largest absolute Gasteiger partial charge is 0.508 e. The van der Waals surface area contributed by atoms with Crippen LogP contribution in [0, 0.1) is 5.41 Å². The van der Waals surface area contributed by atoms with E-state index in [9.17, 15) is 9.90 Å². The van der Waals surface area contributed by atoms with Gasteiger partial charge in [0, 0.05) is 12.1 Å². The zero-order valence-corrected chi connectivity index (χ0v) is 9.78. The summed E-state index contributed by atoms with van der Waals surface area (Å²) in [4.78, 5) is 11.7. The molecule has 1 aliphatic carbocycles. The number of hydrogen-bond donors (Lipinski definition) is 3. The van der Waals surface area contributed by atoms with Crippen LogP contribution in [0.5, 0.6) is 5.75 Å². The summed E-state index contributed by atoms with van der Waals surface area (Å²) in [6.45, 7) is 1.28. The summed E-state index contributed by atoms with van der Waals surface area (Å²) in [6, 6.07) is 6.89. The monoisotopic (exact) mass is 234 g/mol. The molecule has 0 saturated heterocycles. The molecule has 4 nitrogen and oxygen atoms in total. The lowest BCUT2D eigenvalue weighted by atomic mass is 10.1. The van der Waals surface area contributed by atoms with E-state index in [1.165, 1.54) is 0 Å². The van der Waals surface area contributed by atoms with Gasteiger partial charge in [0.1, 0.15) is 5.75 Å². The van der Waals surface area contributed by atoms with Crippen molar-refractivity contribution in [1.82, 2.24) is 5.32 Å². The predicted octanol–water partition coefficient (Wildman–Crippen LogP) is 0.790. The molecule has 4 heteroatoms. The van der Waals surface area contributed by atoms with Crippen molar-refractivity contribution in [2.24, 2.45) is 11.1 Å². The normalized spacial score (nSPS) is 16.5. The van der Waals surface area contributed by atoms with Crippen LogP contribution in [0.3, 0.4) is 0 Å². The second-order valence-corrected chi connectivity index (χ2v) is 4.79. The van der Waals surface area contributed by atoms with Gasteiger partial charge in [-0.3, -0.25) is 4.79 Å². The van der Waals surface area contributed by atoms with Crippen molar-refractivity contribution >= 4 is 5.91 Å². The maximum Gasteiger partial charge on any atom is 0.224 e. The fourth-order valence-electron chi connectivity index (χ4n) is 1.81. The molecule has 1 aromatic carbocycles. The molecule has 1 saturated carbocycles. The Labute approximate surface area is 101 Å². The Morgan fingerprint density at radius 3 is 2.71 bits per heavy atom. The Balaban J connectivity index is 1.83. The van der Waals surface area contributed by atoms with Gasteiger partial charge in [-0.15, -0.1) is 0 Å². The molecule has 0 bridgehead atoms. The molecule has 4 N–H and O–H groups in total. The summed E-state index contributed by atoms with van der Waals surface area (Å²) >= 11 is 0. The Hall–Kier alpha value is -1.55. The second-order valence-electron chi connectivity index (χ2n) is 4.79. The van der Waals surface area contributed by atoms with E-state index in [-0.39, 0.29) is 23.5 Å². The van der Waals surface area contributed by atoms with Crippen molar-refractivity contribution in [3.05, 3.63) is 29.8 Å². The van der Waals surface area contributed by atoms with Crippen molar-refractivity contribution in [3.8, 4) is 5.75 Å². The first-order chi connectivity index (χ1) is 8.15. The first kappa shape index (κ1) is 11.9. The first-order valence-corrected chi connectivity index (χ1v) is 5.89. The number of carbonyl (C=O) groups excluding carboxylic acids is 1. The van der Waals surface area contributed by atoms with E-state index in [4.69, 9.17) is 5.73 Å². The van der Waals surface area contributed by atoms with Gasteiger partial charge in [-0.1, -0.05) is 18.2 Å². The number of nitrogens with one attached hydrogen (secondary N) is 1. The fourth-order valence-corrected chi connectivity index (χ4v) is 1.81. The number of amides is 1. The number of nitrogens with two attached hydrogens (primary N) is 1. The van der Waals surface area contributed by atoms with Gasteiger partial charge in [0.15, 0.2) is 0 Å². The minimum atomic E-state index is -0.0637. The smallest absolute Gasteiger partial charge is 0.224 e. The van der Waals surface area contributed by atoms with E-state index in [1.54, 1.807) is 18.2 Å². The van der Waals surface area contributed by atoms with Gasteiger partial charge in [0.25, 0.3) is 0 Å². The van der Waals surface area contributed by atoms with Gasteiger partial charge in [-0.25, -0.2) is 0 Å². The Morgan fingerprint density at radius 2 is 2.12 bits per heavy atom. The predicted molar refractivity (Wildman–Crippen MR) is 65.5 cm³/mol. The molecule has 92 valence electrons. The number of phenols is 1. The van der Waals surface area contributed by atoms with Crippen LogP contribution < -0.4 is 11.1 Å². The number of benzene rings is 1. The number of hydrogen-bond acceptors (Lipinski definition) is 3. The van der Waals surface area contributed by atoms with E-state index in [2.05, 4.69) is 5.32 Å². The lowest BCUT2D eigenvalue weighted by molar-refractivity contribution is -0.120. The molecule has 0 aromatic heterocycles. The maximum atomic E-state index is 11.7. The molecular formula is C13H18N2O2. The first-order valence-electron chi connectivity index (χ1n) is 5.89. The molecule has 0 aliphatic heterocycles. The third-order valence-corrected chi connectivity index (χ3v) is 3.39. The van der Waals surface area contributed by atoms with Crippen LogP contribution >= 0.6 is 0 Å². The summed E-state index contributed by atoms with van der Waals surface area (Å²) in [7, 11) is 0. The maximum absolute atomic E-state index is 11.7. The van der Waals surface area contributed by atoms with Crippen LogP contribution in [-0.4, -0.2) is 24.1 Å². The standard InChI is InChI=1S/C13H18N2O2/c14-8-13(5-6-13)9-15-12(17)7-10-3-1-2-4-11(10)16/h1-4,16H,5-9,14H2,(H,15,17). The minimum Gasteiger partial charge on any atom is -0.508 e. The van der Waals surface area contributed by atoms with Crippen LogP contribution in [0.1, 0.15) is 18.4 Å². The molecule has 1 amide bonds. The molecule has 1 aliphatic rings. The number of para-hydroxylation sites is 1. The highest BCUT2D eigenvalue weighted by Crippen LogP contribution is 2.43. The van der Waals surface area contributed by atoms with Gasteiger partial charge in [-0.2, -0.15) is 0 Å². The average molecular weight is 234 g/mol. The van der Waals surface area contributed by atoms with Gasteiger partial charge in [0.2, 0.25) is 5.91 Å². The van der Waals surface area contributed by atoms with Crippen molar-refractivity contribution in [1.29, 1.82) is 0 Å². The zero-order valence-electron chi connectivity index (χ0n) is 9.78. The van der Waals surface area contributed by atoms with Crippen LogP contribution in [0.15, 0.2) is 24.3 Å². The van der Waals surface area contributed by atoms with Gasteiger partial charge >= 0.3 is 0 Å². The molecule has 1 fully saturated rings. The highest BCUT2D eigenvalue weighted by molar-refractivity contribution is 5.79. The third kappa shape index (κ3) is 2.97. The van der Waals surface area contributed by atoms with Crippen LogP contribution in [0.25, 0.3) is 0 Å². The van der Waals surface area contributed by atoms with Crippen LogP contribution in [0.4, 0.5) is 0 Å². The molecule has 0 radical (unpaired) electrons. The SMILES string of the molecule is NCC1(CNC(=O)Cc2ccccc2O)CC1. The van der Waals surface area contributed by atoms with E-state index in [0.717, 1.165) is 12.8 Å². The Kier molecular flexibility index (Phi) is 3.33. The quantitative estimate of drug-likeness (QED) is 0.705. The highest BCUT2D eigenvalue weighted by atomic mass is 16.3. The van der Waals surface area contributed by atoms with Gasteiger partial charge in [0.05, 0.1) is 6.42 Å². The van der Waals surface area contributed by atoms with Crippen LogP contribution in [0.2, 0.25) is 0 Å². The lowest BCUT2D eigenvalue weighted by Crippen LogP contribution is -2.34. The number of aromatic hydroxyl groups is 1. The second kappa shape index (κ2) is 4.75. The molecule has 0 spiro atoms. The Morgan fingerprint density at radius 1 is 1.41 bits per heavy atom. The van der Waals surface area contributed by atoms with Crippen molar-refractivity contribution in [2.75, 3.05) is 13.1 Å². The van der Waals surface area contributed by atoms with Gasteiger partial charge < -0.3 is 16.2 Å².